The highest BCUT2D eigenvalue weighted by molar-refractivity contribution is 5.76. The Morgan fingerprint density at radius 3 is 1.25 bits per heavy atom. The van der Waals surface area contributed by atoms with Crippen LogP contribution in [0.1, 0.15) is 284 Å². The van der Waals surface area contributed by atoms with Gasteiger partial charge in [-0.1, -0.05) is 267 Å². The van der Waals surface area contributed by atoms with Crippen LogP contribution < -0.4 is 5.32 Å². The molecule has 0 spiro atoms. The van der Waals surface area contributed by atoms with Gasteiger partial charge in [-0.3, -0.25) is 4.79 Å². The van der Waals surface area contributed by atoms with E-state index in [9.17, 15) is 45.6 Å². The molecule has 12 atom stereocenters. The van der Waals surface area contributed by atoms with Crippen LogP contribution in [0.4, 0.5) is 0 Å². The number of rotatable bonds is 56. The Hall–Kier alpha value is -2.31. The quantitative estimate of drug-likeness (QED) is 0.0204. The van der Waals surface area contributed by atoms with Gasteiger partial charge in [0.2, 0.25) is 5.91 Å². The number of nitrogens with one attached hydrogen (secondary N) is 1. The third kappa shape index (κ3) is 38.9. The van der Waals surface area contributed by atoms with Crippen molar-refractivity contribution in [3.8, 4) is 0 Å². The maximum atomic E-state index is 13.3. The number of aliphatic hydroxyl groups excluding tert-OH is 8. The monoisotopic (exact) mass is 1190 g/mol. The first-order valence-corrected chi connectivity index (χ1v) is 34.5. The van der Waals surface area contributed by atoms with Crippen LogP contribution >= 0.6 is 0 Å². The molecule has 14 nitrogen and oxygen atoms in total. The van der Waals surface area contributed by atoms with Crippen molar-refractivity contribution in [1.82, 2.24) is 5.32 Å². The Morgan fingerprint density at radius 2 is 0.798 bits per heavy atom. The summed E-state index contributed by atoms with van der Waals surface area (Å²) >= 11 is 0. The average molecular weight is 1190 g/mol. The molecule has 2 fully saturated rings. The van der Waals surface area contributed by atoms with Crippen molar-refractivity contribution < 1.29 is 64.6 Å². The molecule has 9 N–H and O–H groups in total. The number of hydrogen-bond acceptors (Lipinski definition) is 13. The molecule has 0 radical (unpaired) electrons. The number of hydrogen-bond donors (Lipinski definition) is 9. The zero-order valence-electron chi connectivity index (χ0n) is 53.1. The molecule has 0 aromatic carbocycles. The topological polar surface area (TPSA) is 228 Å². The maximum Gasteiger partial charge on any atom is 0.220 e. The molecule has 14 heteroatoms. The van der Waals surface area contributed by atoms with Crippen LogP contribution in [0.15, 0.2) is 60.8 Å². The molecule has 0 aromatic heterocycles. The van der Waals surface area contributed by atoms with E-state index in [4.69, 9.17) is 18.9 Å². The van der Waals surface area contributed by atoms with Crippen LogP contribution in [0.25, 0.3) is 0 Å². The zero-order valence-corrected chi connectivity index (χ0v) is 53.1. The fraction of sp³-hybridized carbons (Fsp3) is 0.843. The second-order valence-corrected chi connectivity index (χ2v) is 24.3. The summed E-state index contributed by atoms with van der Waals surface area (Å²) in [5.41, 5.74) is 0. The predicted molar refractivity (Wildman–Crippen MR) is 341 cm³/mol. The van der Waals surface area contributed by atoms with Crippen molar-refractivity contribution in [1.29, 1.82) is 0 Å². The van der Waals surface area contributed by atoms with Gasteiger partial charge in [-0.25, -0.2) is 0 Å². The summed E-state index contributed by atoms with van der Waals surface area (Å²) in [6.07, 6.45) is 55.5. The highest BCUT2D eigenvalue weighted by atomic mass is 16.7. The lowest BCUT2D eigenvalue weighted by molar-refractivity contribution is -0.359. The summed E-state index contributed by atoms with van der Waals surface area (Å²) in [5, 5.41) is 87.4. The van der Waals surface area contributed by atoms with Gasteiger partial charge in [0.05, 0.1) is 32.0 Å². The van der Waals surface area contributed by atoms with E-state index in [1.165, 1.54) is 205 Å². The van der Waals surface area contributed by atoms with Gasteiger partial charge in [0.1, 0.15) is 48.8 Å². The maximum absolute atomic E-state index is 13.3. The van der Waals surface area contributed by atoms with E-state index in [2.05, 4.69) is 67.8 Å². The number of unbranched alkanes of at least 4 members (excludes halogenated alkanes) is 35. The van der Waals surface area contributed by atoms with Crippen molar-refractivity contribution in [2.24, 2.45) is 0 Å². The Bertz CT molecular complexity index is 1640. The van der Waals surface area contributed by atoms with E-state index in [1.54, 1.807) is 6.08 Å². The zero-order chi connectivity index (χ0) is 60.9. The molecule has 84 heavy (non-hydrogen) atoms. The van der Waals surface area contributed by atoms with Crippen LogP contribution in [0.2, 0.25) is 0 Å². The smallest absolute Gasteiger partial charge is 0.220 e. The Labute approximate surface area is 511 Å². The minimum absolute atomic E-state index is 0.250. The van der Waals surface area contributed by atoms with Gasteiger partial charge in [0, 0.05) is 6.42 Å². The summed E-state index contributed by atoms with van der Waals surface area (Å²) < 4.78 is 22.8. The summed E-state index contributed by atoms with van der Waals surface area (Å²) in [6.45, 7) is 2.80. The summed E-state index contributed by atoms with van der Waals surface area (Å²) in [7, 11) is 0. The van der Waals surface area contributed by atoms with Crippen LogP contribution in [0.5, 0.6) is 0 Å². The lowest BCUT2D eigenvalue weighted by atomic mass is 9.97. The second-order valence-electron chi connectivity index (χ2n) is 24.3. The molecule has 0 saturated carbocycles. The van der Waals surface area contributed by atoms with Gasteiger partial charge in [0.25, 0.3) is 0 Å². The third-order valence-corrected chi connectivity index (χ3v) is 16.7. The first-order valence-electron chi connectivity index (χ1n) is 34.5. The normalized spacial score (nSPS) is 24.0. The molecule has 2 aliphatic heterocycles. The van der Waals surface area contributed by atoms with Crippen LogP contribution in [0, 0.1) is 0 Å². The fourth-order valence-corrected chi connectivity index (χ4v) is 11.1. The van der Waals surface area contributed by atoms with E-state index in [0.29, 0.717) is 12.8 Å². The molecule has 2 rings (SSSR count). The van der Waals surface area contributed by atoms with Crippen molar-refractivity contribution in [2.75, 3.05) is 19.8 Å². The SMILES string of the molecule is CCCCCCC/C=C\C/C=C\C/C=C\CCCCCCCCCCCCCCC(=O)NC(COC1OC(CO)C(OC2OC(CO)C(O)C(O)C2O)C(O)C1O)C(O)/C=C/CC/C=C/CCCCCCCCCCCCCCCCCCC. The Balaban J connectivity index is 1.71. The van der Waals surface area contributed by atoms with E-state index in [0.717, 1.165) is 44.9 Å². The van der Waals surface area contributed by atoms with Crippen LogP contribution in [-0.2, 0) is 23.7 Å². The van der Waals surface area contributed by atoms with Crippen LogP contribution in [-0.4, -0.2) is 140 Å². The Kier molecular flexibility index (Phi) is 50.8. The molecule has 0 aliphatic carbocycles. The van der Waals surface area contributed by atoms with Gasteiger partial charge >= 0.3 is 0 Å². The second kappa shape index (κ2) is 54.8. The number of ether oxygens (including phenoxy) is 4. The van der Waals surface area contributed by atoms with Gasteiger partial charge in [0.15, 0.2) is 12.6 Å². The van der Waals surface area contributed by atoms with Gasteiger partial charge in [-0.05, 0) is 70.6 Å². The molecule has 490 valence electrons. The van der Waals surface area contributed by atoms with Crippen molar-refractivity contribution in [3.63, 3.8) is 0 Å². The van der Waals surface area contributed by atoms with Crippen molar-refractivity contribution >= 4 is 5.91 Å². The third-order valence-electron chi connectivity index (χ3n) is 16.7. The molecule has 2 saturated heterocycles. The van der Waals surface area contributed by atoms with Gasteiger partial charge < -0.3 is 65.1 Å². The molecule has 2 heterocycles. The summed E-state index contributed by atoms with van der Waals surface area (Å²) in [4.78, 5) is 13.3. The number of allylic oxidation sites excluding steroid dienone is 9. The highest BCUT2D eigenvalue weighted by Gasteiger charge is 2.51. The molecule has 0 bridgehead atoms. The average Bonchev–Trinajstić information content (AvgIpc) is 3.62. The van der Waals surface area contributed by atoms with Gasteiger partial charge in [-0.2, -0.15) is 0 Å². The number of amides is 1. The summed E-state index contributed by atoms with van der Waals surface area (Å²) in [6, 6.07) is -0.936. The van der Waals surface area contributed by atoms with E-state index in [1.807, 2.05) is 6.08 Å². The minimum atomic E-state index is -1.79. The lowest BCUT2D eigenvalue weighted by Gasteiger charge is -2.46. The summed E-state index contributed by atoms with van der Waals surface area (Å²) in [5.74, 6) is -0.250. The first kappa shape index (κ1) is 77.8. The molecule has 0 aromatic rings. The molecular formula is C70H127NO13. The largest absolute Gasteiger partial charge is 0.394 e. The molecule has 1 amide bonds. The number of carbonyl (C=O) groups excluding carboxylic acids is 1. The molecule has 2 aliphatic rings. The standard InChI is InChI=1S/C70H127NO13/c1-3-5-7-9-11-13-15-17-19-21-23-25-27-28-29-30-32-34-36-38-40-42-44-46-48-50-52-54-62(75)71-58(57-81-69-67(80)65(78)68(61(56-73)83-69)84-70-66(79)64(77)63(76)60(55-72)82-70)59(74)53-51-49-47-45-43-41-39-37-35-33-31-26-24-22-20-18-16-14-12-10-8-6-4-2/h15,17,21,23,27-28,43,45,51,53,58-61,63-70,72-74,76-80H,3-14,16,18-20,22,24-26,29-42,44,46-50,52,54-57H2,1-2H3,(H,71,75)/b17-15-,23-21-,28-27-,45-43+,53-51+. The van der Waals surface area contributed by atoms with E-state index in [-0.39, 0.29) is 18.9 Å². The van der Waals surface area contributed by atoms with E-state index >= 15 is 0 Å². The number of aliphatic hydroxyl groups is 8. The lowest BCUT2D eigenvalue weighted by Crippen LogP contribution is -2.65. The molecular weight excluding hydrogens is 1060 g/mol. The van der Waals surface area contributed by atoms with Gasteiger partial charge in [-0.15, -0.1) is 0 Å². The van der Waals surface area contributed by atoms with Crippen molar-refractivity contribution in [2.45, 2.75) is 357 Å². The Morgan fingerprint density at radius 1 is 0.429 bits per heavy atom. The first-order chi connectivity index (χ1) is 41.1. The highest BCUT2D eigenvalue weighted by Crippen LogP contribution is 2.30. The molecule has 12 unspecified atom stereocenters. The fourth-order valence-electron chi connectivity index (χ4n) is 11.1. The number of carbonyl (C=O) groups is 1. The predicted octanol–water partition coefficient (Wildman–Crippen LogP) is 13.7. The van der Waals surface area contributed by atoms with Crippen LogP contribution in [0.3, 0.4) is 0 Å². The van der Waals surface area contributed by atoms with E-state index < -0.39 is 86.8 Å². The van der Waals surface area contributed by atoms with Crippen molar-refractivity contribution in [3.05, 3.63) is 60.8 Å². The minimum Gasteiger partial charge on any atom is -0.394 e.